The third-order valence-corrected chi connectivity index (χ3v) is 7.47. The summed E-state index contributed by atoms with van der Waals surface area (Å²) in [4.78, 5) is 24.9. The van der Waals surface area contributed by atoms with Gasteiger partial charge in [0.2, 0.25) is 0 Å². The van der Waals surface area contributed by atoms with Crippen molar-refractivity contribution in [1.29, 1.82) is 0 Å². The van der Waals surface area contributed by atoms with Gasteiger partial charge in [-0.1, -0.05) is 36.4 Å². The van der Waals surface area contributed by atoms with Crippen LogP contribution in [0.4, 0.5) is 17.1 Å². The zero-order valence-electron chi connectivity index (χ0n) is 16.8. The summed E-state index contributed by atoms with van der Waals surface area (Å²) in [6.07, 6.45) is 10.5. The SMILES string of the molecule is O=[N+]([O-])c1cccc(C2C3CC=CC3c3cc([N+](=O)[O-])cc4c3N2CC2CC=CC42)c1. The number of anilines is 1. The van der Waals surface area contributed by atoms with Crippen molar-refractivity contribution < 1.29 is 9.85 Å². The molecule has 0 aromatic heterocycles. The van der Waals surface area contributed by atoms with Gasteiger partial charge in [-0.3, -0.25) is 20.2 Å². The van der Waals surface area contributed by atoms with Gasteiger partial charge in [-0.15, -0.1) is 0 Å². The minimum atomic E-state index is -0.341. The molecule has 0 bridgehead atoms. The van der Waals surface area contributed by atoms with E-state index in [9.17, 15) is 20.2 Å². The number of benzene rings is 2. The summed E-state index contributed by atoms with van der Waals surface area (Å²) < 4.78 is 0. The average Bonchev–Trinajstić information content (AvgIpc) is 3.43. The van der Waals surface area contributed by atoms with Gasteiger partial charge in [0.25, 0.3) is 11.4 Å². The van der Waals surface area contributed by atoms with Gasteiger partial charge in [0, 0.05) is 48.3 Å². The quantitative estimate of drug-likeness (QED) is 0.380. The third-order valence-electron chi connectivity index (χ3n) is 7.47. The van der Waals surface area contributed by atoms with Crippen LogP contribution in [-0.4, -0.2) is 16.4 Å². The number of non-ortho nitro benzene ring substituents is 2. The van der Waals surface area contributed by atoms with E-state index in [1.165, 1.54) is 6.07 Å². The van der Waals surface area contributed by atoms with Crippen LogP contribution in [0.1, 0.15) is 47.4 Å². The number of nitro benzene ring substituents is 2. The predicted molar refractivity (Wildman–Crippen MR) is 116 cm³/mol. The van der Waals surface area contributed by atoms with Crippen LogP contribution < -0.4 is 4.90 Å². The Morgan fingerprint density at radius 2 is 1.58 bits per heavy atom. The maximum Gasteiger partial charge on any atom is 0.270 e. The zero-order chi connectivity index (χ0) is 21.3. The van der Waals surface area contributed by atoms with Gasteiger partial charge in [-0.05, 0) is 41.4 Å². The van der Waals surface area contributed by atoms with Crippen molar-refractivity contribution in [2.45, 2.75) is 30.7 Å². The lowest BCUT2D eigenvalue weighted by atomic mass is 9.70. The molecule has 2 aromatic carbocycles. The molecule has 5 atom stereocenters. The summed E-state index contributed by atoms with van der Waals surface area (Å²) >= 11 is 0. The summed E-state index contributed by atoms with van der Waals surface area (Å²) in [7, 11) is 0. The fourth-order valence-corrected chi connectivity index (χ4v) is 6.27. The largest absolute Gasteiger partial charge is 0.363 e. The average molecular weight is 415 g/mol. The lowest BCUT2D eigenvalue weighted by Crippen LogP contribution is -2.46. The summed E-state index contributed by atoms with van der Waals surface area (Å²) in [5.41, 5.74) is 4.37. The molecule has 7 heteroatoms. The molecule has 2 aromatic rings. The number of allylic oxidation sites excluding steroid dienone is 4. The molecule has 156 valence electrons. The van der Waals surface area contributed by atoms with Crippen LogP contribution in [0.5, 0.6) is 0 Å². The Morgan fingerprint density at radius 1 is 0.871 bits per heavy atom. The van der Waals surface area contributed by atoms with E-state index in [4.69, 9.17) is 0 Å². The van der Waals surface area contributed by atoms with E-state index in [-0.39, 0.29) is 45.0 Å². The smallest absolute Gasteiger partial charge is 0.270 e. The second-order valence-corrected chi connectivity index (χ2v) is 8.98. The first-order valence-electron chi connectivity index (χ1n) is 10.7. The Kier molecular flexibility index (Phi) is 3.84. The maximum atomic E-state index is 11.7. The van der Waals surface area contributed by atoms with Gasteiger partial charge in [0.15, 0.2) is 0 Å². The van der Waals surface area contributed by atoms with E-state index in [0.29, 0.717) is 5.92 Å². The predicted octanol–water partition coefficient (Wildman–Crippen LogP) is 5.40. The summed E-state index contributed by atoms with van der Waals surface area (Å²) in [5.74, 6) is 0.846. The normalized spacial score (nSPS) is 29.4. The minimum Gasteiger partial charge on any atom is -0.363 e. The number of nitrogens with zero attached hydrogens (tertiary/aromatic N) is 3. The Bertz CT molecular complexity index is 1170. The van der Waals surface area contributed by atoms with Crippen LogP contribution in [0.15, 0.2) is 60.7 Å². The first kappa shape index (κ1) is 18.3. The molecule has 0 saturated carbocycles. The lowest BCUT2D eigenvalue weighted by molar-refractivity contribution is -0.385. The molecule has 0 saturated heterocycles. The molecule has 0 N–H and O–H groups in total. The van der Waals surface area contributed by atoms with Crippen LogP contribution in [0, 0.1) is 32.1 Å². The molecule has 2 aliphatic carbocycles. The molecule has 31 heavy (non-hydrogen) atoms. The standard InChI is InChI=1S/C24H21N3O4/c28-26(29)16-6-1-4-14(10-16)23-20-9-3-8-19(20)22-12-17(27(30)31)11-21-18-7-2-5-15(18)13-25(23)24(21)22/h1-4,6-8,10-12,15,18-20,23H,5,9,13H2. The van der Waals surface area contributed by atoms with Crippen LogP contribution in [0.2, 0.25) is 0 Å². The van der Waals surface area contributed by atoms with E-state index in [0.717, 1.165) is 41.8 Å². The van der Waals surface area contributed by atoms with Crippen LogP contribution in [0.3, 0.4) is 0 Å². The highest BCUT2D eigenvalue weighted by Crippen LogP contribution is 2.59. The molecule has 4 aliphatic rings. The molecule has 7 nitrogen and oxygen atoms in total. The number of nitro groups is 2. The Morgan fingerprint density at radius 3 is 2.35 bits per heavy atom. The molecule has 5 unspecified atom stereocenters. The Labute approximate surface area is 179 Å². The second-order valence-electron chi connectivity index (χ2n) is 8.98. The molecule has 0 amide bonds. The van der Waals surface area contributed by atoms with E-state index >= 15 is 0 Å². The van der Waals surface area contributed by atoms with Gasteiger partial charge in [0.05, 0.1) is 15.9 Å². The molecule has 2 heterocycles. The number of hydrogen-bond donors (Lipinski definition) is 0. The summed E-state index contributed by atoms with van der Waals surface area (Å²) in [6, 6.07) is 10.5. The van der Waals surface area contributed by atoms with Crippen molar-refractivity contribution in [3.8, 4) is 0 Å². The van der Waals surface area contributed by atoms with Gasteiger partial charge in [-0.2, -0.15) is 0 Å². The van der Waals surface area contributed by atoms with Crippen molar-refractivity contribution in [3.05, 3.63) is 97.6 Å². The van der Waals surface area contributed by atoms with Crippen molar-refractivity contribution >= 4 is 17.1 Å². The molecule has 0 spiro atoms. The van der Waals surface area contributed by atoms with Gasteiger partial charge >= 0.3 is 0 Å². The highest BCUT2D eigenvalue weighted by Gasteiger charge is 2.48. The van der Waals surface area contributed by atoms with Crippen molar-refractivity contribution in [2.24, 2.45) is 11.8 Å². The molecule has 2 aliphatic heterocycles. The Balaban J connectivity index is 1.58. The monoisotopic (exact) mass is 415 g/mol. The number of hydrogen-bond acceptors (Lipinski definition) is 5. The second kappa shape index (κ2) is 6.51. The lowest BCUT2D eigenvalue weighted by Gasteiger charge is -2.51. The van der Waals surface area contributed by atoms with Crippen molar-refractivity contribution in [2.75, 3.05) is 11.4 Å². The summed E-state index contributed by atoms with van der Waals surface area (Å²) in [5, 5.41) is 23.2. The topological polar surface area (TPSA) is 89.5 Å². The van der Waals surface area contributed by atoms with Gasteiger partial charge in [-0.25, -0.2) is 0 Å². The third kappa shape index (κ3) is 2.59. The Hall–Kier alpha value is -3.48. The van der Waals surface area contributed by atoms with Gasteiger partial charge < -0.3 is 4.90 Å². The number of rotatable bonds is 3. The zero-order valence-corrected chi connectivity index (χ0v) is 16.8. The van der Waals surface area contributed by atoms with Crippen LogP contribution in [0.25, 0.3) is 0 Å². The minimum absolute atomic E-state index is 0.00848. The van der Waals surface area contributed by atoms with Crippen molar-refractivity contribution in [1.82, 2.24) is 0 Å². The molecule has 6 rings (SSSR count). The van der Waals surface area contributed by atoms with Gasteiger partial charge in [0.1, 0.15) is 0 Å². The molecule has 0 fully saturated rings. The molecular formula is C24H21N3O4. The summed E-state index contributed by atoms with van der Waals surface area (Å²) in [6.45, 7) is 0.853. The molecule has 0 radical (unpaired) electrons. The van der Waals surface area contributed by atoms with E-state index in [2.05, 4.69) is 29.2 Å². The first-order valence-corrected chi connectivity index (χ1v) is 10.7. The van der Waals surface area contributed by atoms with E-state index in [1.54, 1.807) is 24.3 Å². The maximum absolute atomic E-state index is 11.7. The van der Waals surface area contributed by atoms with Crippen LogP contribution >= 0.6 is 0 Å². The van der Waals surface area contributed by atoms with Crippen LogP contribution in [-0.2, 0) is 0 Å². The van der Waals surface area contributed by atoms with Crippen molar-refractivity contribution in [3.63, 3.8) is 0 Å². The number of fused-ring (bicyclic) bond motifs is 4. The fraction of sp³-hybridized carbons (Fsp3) is 0.333. The highest BCUT2D eigenvalue weighted by atomic mass is 16.6. The molecular weight excluding hydrogens is 394 g/mol. The van der Waals surface area contributed by atoms with E-state index in [1.807, 2.05) is 6.07 Å². The van der Waals surface area contributed by atoms with E-state index < -0.39 is 0 Å². The highest BCUT2D eigenvalue weighted by molar-refractivity contribution is 5.72. The fourth-order valence-electron chi connectivity index (χ4n) is 6.27. The first-order chi connectivity index (χ1) is 15.0.